The second-order valence-electron chi connectivity index (χ2n) is 10.4. The number of carbonyl (C=O) groups is 4. The molecule has 3 heterocycles. The predicted molar refractivity (Wildman–Crippen MR) is 155 cm³/mol. The van der Waals surface area contributed by atoms with Crippen molar-refractivity contribution >= 4 is 45.4 Å². The van der Waals surface area contributed by atoms with Gasteiger partial charge in [-0.2, -0.15) is 5.10 Å². The molecule has 11 heteroatoms. The second kappa shape index (κ2) is 12.7. The monoisotopic (exact) mass is 557 g/mol. The number of amides is 4. The van der Waals surface area contributed by atoms with Crippen molar-refractivity contribution in [3.8, 4) is 0 Å². The van der Waals surface area contributed by atoms with Crippen LogP contribution < -0.4 is 16.0 Å². The fourth-order valence-corrected chi connectivity index (χ4v) is 5.18. The molecule has 2 aromatic heterocycles. The zero-order valence-electron chi connectivity index (χ0n) is 23.1. The molecule has 2 atom stereocenters. The molecule has 2 aromatic carbocycles. The number of nitrogens with one attached hydrogen (secondary N) is 4. The predicted octanol–water partition coefficient (Wildman–Crippen LogP) is 1.88. The van der Waals surface area contributed by atoms with E-state index >= 15 is 0 Å². The molecule has 1 aliphatic heterocycles. The van der Waals surface area contributed by atoms with Crippen molar-refractivity contribution in [2.24, 2.45) is 0 Å². The van der Waals surface area contributed by atoms with Crippen molar-refractivity contribution in [2.75, 3.05) is 19.6 Å². The zero-order chi connectivity index (χ0) is 28.8. The van der Waals surface area contributed by atoms with Gasteiger partial charge in [-0.1, -0.05) is 36.4 Å². The first kappa shape index (κ1) is 27.9. The van der Waals surface area contributed by atoms with E-state index in [1.165, 1.54) is 0 Å². The van der Waals surface area contributed by atoms with Crippen molar-refractivity contribution < 1.29 is 19.2 Å². The highest BCUT2D eigenvalue weighted by atomic mass is 16.2. The van der Waals surface area contributed by atoms with Crippen LogP contribution in [0.2, 0.25) is 0 Å². The van der Waals surface area contributed by atoms with Crippen LogP contribution in [-0.2, 0) is 32.1 Å². The van der Waals surface area contributed by atoms with Gasteiger partial charge in [-0.25, -0.2) is 0 Å². The molecule has 4 aromatic rings. The lowest BCUT2D eigenvalue weighted by molar-refractivity contribution is -0.132. The van der Waals surface area contributed by atoms with Crippen LogP contribution in [0.4, 0.5) is 0 Å². The summed E-state index contributed by atoms with van der Waals surface area (Å²) in [5, 5.41) is 14.8. The minimum atomic E-state index is -0.836. The largest absolute Gasteiger partial charge is 0.361 e. The summed E-state index contributed by atoms with van der Waals surface area (Å²) in [6, 6.07) is 13.8. The molecule has 4 N–H and O–H groups in total. The fraction of sp³-hybridized carbons (Fsp3) is 0.367. The molecule has 4 amide bonds. The Hall–Kier alpha value is -4.67. The Morgan fingerprint density at radius 3 is 2.63 bits per heavy atom. The third-order valence-electron chi connectivity index (χ3n) is 7.43. The number of benzene rings is 2. The molecular weight excluding hydrogens is 522 g/mol. The lowest BCUT2D eigenvalue weighted by atomic mass is 10.0. The minimum absolute atomic E-state index is 0.0776. The Balaban J connectivity index is 1.29. The molecule has 1 aliphatic rings. The highest BCUT2D eigenvalue weighted by Gasteiger charge is 2.26. The van der Waals surface area contributed by atoms with Gasteiger partial charge < -0.3 is 25.8 Å². The molecule has 214 valence electrons. The normalized spacial score (nSPS) is 19.7. The van der Waals surface area contributed by atoms with Gasteiger partial charge in [0, 0.05) is 55.0 Å². The topological polar surface area (TPSA) is 141 Å². The van der Waals surface area contributed by atoms with E-state index < -0.39 is 18.0 Å². The van der Waals surface area contributed by atoms with E-state index in [4.69, 9.17) is 0 Å². The molecule has 1 saturated heterocycles. The first-order valence-electron chi connectivity index (χ1n) is 14.0. The van der Waals surface area contributed by atoms with Crippen LogP contribution in [0.1, 0.15) is 31.7 Å². The standard InChI is InChI=1S/C30H35N7O4/c1-20-29(40)35-25(16-22-17-32-24-10-4-3-9-23(22)24)30(41)31-13-7-15-36(14-6-12-27(38)34-20)28(39)19-37-26-11-5-2-8-21(26)18-33-37/h2-5,8-11,17-18,20,25,32H,6-7,12-16,19H2,1H3,(H,31,41)(H,34,38)(H,35,40)/t20-,25+/m0/s1. The average molecular weight is 558 g/mol. The number of fused-ring (bicyclic) bond motifs is 2. The number of carbonyl (C=O) groups excluding carboxylic acids is 4. The maximum absolute atomic E-state index is 13.3. The van der Waals surface area contributed by atoms with Gasteiger partial charge in [-0.3, -0.25) is 23.9 Å². The molecule has 0 aliphatic carbocycles. The third-order valence-corrected chi connectivity index (χ3v) is 7.43. The van der Waals surface area contributed by atoms with E-state index in [1.54, 1.807) is 22.7 Å². The van der Waals surface area contributed by atoms with E-state index in [2.05, 4.69) is 26.0 Å². The van der Waals surface area contributed by atoms with Gasteiger partial charge in [0.25, 0.3) is 0 Å². The number of aromatic amines is 1. The summed E-state index contributed by atoms with van der Waals surface area (Å²) in [5.41, 5.74) is 2.72. The van der Waals surface area contributed by atoms with Gasteiger partial charge in [0.2, 0.25) is 23.6 Å². The summed E-state index contributed by atoms with van der Waals surface area (Å²) in [6.45, 7) is 2.80. The molecule has 5 rings (SSSR count). The van der Waals surface area contributed by atoms with Crippen LogP contribution in [0.25, 0.3) is 21.8 Å². The van der Waals surface area contributed by atoms with Crippen LogP contribution in [0, 0.1) is 0 Å². The molecule has 0 spiro atoms. The number of nitrogens with zero attached hydrogens (tertiary/aromatic N) is 3. The smallest absolute Gasteiger partial charge is 0.244 e. The Morgan fingerprint density at radius 2 is 1.76 bits per heavy atom. The maximum atomic E-state index is 13.3. The molecule has 1 fully saturated rings. The first-order valence-corrected chi connectivity index (χ1v) is 14.0. The van der Waals surface area contributed by atoms with Gasteiger partial charge in [0.15, 0.2) is 0 Å². The highest BCUT2D eigenvalue weighted by Crippen LogP contribution is 2.19. The maximum Gasteiger partial charge on any atom is 0.244 e. The second-order valence-corrected chi connectivity index (χ2v) is 10.4. The van der Waals surface area contributed by atoms with Crippen LogP contribution in [0.3, 0.4) is 0 Å². The van der Waals surface area contributed by atoms with Gasteiger partial charge in [-0.05, 0) is 37.5 Å². The van der Waals surface area contributed by atoms with E-state index in [0.29, 0.717) is 32.5 Å². The molecular formula is C30H35N7O4. The molecule has 0 bridgehead atoms. The summed E-state index contributed by atoms with van der Waals surface area (Å²) in [4.78, 5) is 57.1. The summed E-state index contributed by atoms with van der Waals surface area (Å²) in [7, 11) is 0. The van der Waals surface area contributed by atoms with Gasteiger partial charge in [-0.15, -0.1) is 0 Å². The number of rotatable bonds is 4. The van der Waals surface area contributed by atoms with Crippen LogP contribution in [-0.4, -0.2) is 75.0 Å². The number of para-hydroxylation sites is 2. The van der Waals surface area contributed by atoms with E-state index in [-0.39, 0.29) is 37.1 Å². The zero-order valence-corrected chi connectivity index (χ0v) is 23.1. The lowest BCUT2D eigenvalue weighted by Gasteiger charge is -2.23. The SMILES string of the molecule is C[C@@H]1NC(=O)CCCN(C(=O)Cn2ncc3ccccc32)CCCNC(=O)[C@@H](Cc2c[nH]c3ccccc23)NC1=O. The molecule has 0 saturated carbocycles. The van der Waals surface area contributed by atoms with Crippen molar-refractivity contribution in [1.29, 1.82) is 0 Å². The Kier molecular flexibility index (Phi) is 8.61. The van der Waals surface area contributed by atoms with Crippen molar-refractivity contribution in [3.05, 3.63) is 66.5 Å². The number of H-pyrrole nitrogens is 1. The van der Waals surface area contributed by atoms with Crippen molar-refractivity contribution in [1.82, 2.24) is 35.6 Å². The van der Waals surface area contributed by atoms with Crippen LogP contribution >= 0.6 is 0 Å². The highest BCUT2D eigenvalue weighted by molar-refractivity contribution is 5.93. The lowest BCUT2D eigenvalue weighted by Crippen LogP contribution is -2.53. The molecule has 0 radical (unpaired) electrons. The van der Waals surface area contributed by atoms with Crippen LogP contribution in [0.5, 0.6) is 0 Å². The van der Waals surface area contributed by atoms with Gasteiger partial charge >= 0.3 is 0 Å². The third kappa shape index (κ3) is 6.74. The first-order chi connectivity index (χ1) is 19.9. The molecule has 0 unspecified atom stereocenters. The molecule has 41 heavy (non-hydrogen) atoms. The Bertz CT molecular complexity index is 1560. The van der Waals surface area contributed by atoms with Gasteiger partial charge in [0.1, 0.15) is 18.6 Å². The van der Waals surface area contributed by atoms with E-state index in [0.717, 1.165) is 27.4 Å². The average Bonchev–Trinajstić information content (AvgIpc) is 3.57. The van der Waals surface area contributed by atoms with E-state index in [1.807, 2.05) is 54.7 Å². The number of hydrogen-bond donors (Lipinski definition) is 4. The molecule has 11 nitrogen and oxygen atoms in total. The van der Waals surface area contributed by atoms with Crippen LogP contribution in [0.15, 0.2) is 60.9 Å². The summed E-state index contributed by atoms with van der Waals surface area (Å²) in [5.74, 6) is -1.16. The Morgan fingerprint density at radius 1 is 0.976 bits per heavy atom. The Labute approximate surface area is 237 Å². The van der Waals surface area contributed by atoms with E-state index in [9.17, 15) is 19.2 Å². The number of aromatic nitrogens is 3. The van der Waals surface area contributed by atoms with Gasteiger partial charge in [0.05, 0.1) is 11.7 Å². The van der Waals surface area contributed by atoms with Crippen molar-refractivity contribution in [3.63, 3.8) is 0 Å². The summed E-state index contributed by atoms with van der Waals surface area (Å²) >= 11 is 0. The number of hydrogen-bond acceptors (Lipinski definition) is 5. The fourth-order valence-electron chi connectivity index (χ4n) is 5.18. The summed E-state index contributed by atoms with van der Waals surface area (Å²) in [6.07, 6.45) is 5.00. The summed E-state index contributed by atoms with van der Waals surface area (Å²) < 4.78 is 1.68. The van der Waals surface area contributed by atoms with Crippen molar-refractivity contribution in [2.45, 2.75) is 51.2 Å². The minimum Gasteiger partial charge on any atom is -0.361 e. The quantitative estimate of drug-likeness (QED) is 0.303.